The molecule has 5 aliphatic rings. The van der Waals surface area contributed by atoms with E-state index in [1.54, 1.807) is 0 Å². The quantitative estimate of drug-likeness (QED) is 0.413. The minimum Gasteiger partial charge on any atom is -0.478 e. The van der Waals surface area contributed by atoms with Gasteiger partial charge in [-0.3, -0.25) is 0 Å². The van der Waals surface area contributed by atoms with E-state index < -0.39 is 23.1 Å². The molecule has 5 aliphatic carbocycles. The first kappa shape index (κ1) is 22.0. The molecule has 0 spiro atoms. The van der Waals surface area contributed by atoms with Crippen molar-refractivity contribution in [2.45, 2.75) is 70.0 Å². The summed E-state index contributed by atoms with van der Waals surface area (Å²) in [5.74, 6) is 1.61. The van der Waals surface area contributed by atoms with Crippen LogP contribution in [0.5, 0.6) is 0 Å². The zero-order chi connectivity index (χ0) is 21.7. The van der Waals surface area contributed by atoms with Crippen molar-refractivity contribution in [1.29, 1.82) is 0 Å². The van der Waals surface area contributed by atoms with Crippen molar-refractivity contribution >= 4 is 11.9 Å². The van der Waals surface area contributed by atoms with Crippen molar-refractivity contribution in [3.05, 3.63) is 24.3 Å². The van der Waals surface area contributed by atoms with Crippen LogP contribution in [-0.4, -0.2) is 43.6 Å². The highest BCUT2D eigenvalue weighted by molar-refractivity contribution is 5.85. The van der Waals surface area contributed by atoms with Crippen molar-refractivity contribution in [3.8, 4) is 0 Å². The average molecular weight is 407 g/mol. The minimum atomic E-state index is -0.935. The minimum absolute atomic E-state index is 0.176. The van der Waals surface area contributed by atoms with Gasteiger partial charge in [0, 0.05) is 11.1 Å². The Morgan fingerprint density at radius 1 is 0.897 bits per heavy atom. The molecular formula is C23H34O6. The molecule has 0 radical (unpaired) electrons. The van der Waals surface area contributed by atoms with E-state index in [0.717, 1.165) is 18.3 Å². The summed E-state index contributed by atoms with van der Waals surface area (Å²) in [5, 5.41) is 38.3. The highest BCUT2D eigenvalue weighted by atomic mass is 16.4. The van der Waals surface area contributed by atoms with Gasteiger partial charge in [-0.1, -0.05) is 19.6 Å². The topological polar surface area (TPSA) is 115 Å². The molecule has 5 fully saturated rings. The predicted octanol–water partition coefficient (Wildman–Crippen LogP) is 3.24. The van der Waals surface area contributed by atoms with Gasteiger partial charge < -0.3 is 20.4 Å². The molecule has 8 atom stereocenters. The molecule has 0 aromatic rings. The first-order chi connectivity index (χ1) is 13.4. The Hall–Kier alpha value is -1.66. The van der Waals surface area contributed by atoms with Gasteiger partial charge in [0.15, 0.2) is 0 Å². The number of hydrogen-bond donors (Lipinski definition) is 4. The number of hydrogen-bond acceptors (Lipinski definition) is 4. The maximum absolute atomic E-state index is 11.3. The monoisotopic (exact) mass is 406 g/mol. The molecule has 5 saturated carbocycles. The van der Waals surface area contributed by atoms with Crippen molar-refractivity contribution in [1.82, 2.24) is 0 Å². The lowest BCUT2D eigenvalue weighted by molar-refractivity contribution is -0.214. The summed E-state index contributed by atoms with van der Waals surface area (Å²) in [6, 6.07) is 0. The number of aliphatic hydroxyl groups is 2. The van der Waals surface area contributed by atoms with Crippen LogP contribution in [0, 0.1) is 35.5 Å². The smallest absolute Gasteiger partial charge is 0.330 e. The van der Waals surface area contributed by atoms with Gasteiger partial charge in [-0.2, -0.15) is 0 Å². The molecule has 29 heavy (non-hydrogen) atoms. The third kappa shape index (κ3) is 3.25. The van der Waals surface area contributed by atoms with E-state index >= 15 is 0 Å². The van der Waals surface area contributed by atoms with Gasteiger partial charge in [0.1, 0.15) is 0 Å². The molecule has 0 saturated heterocycles. The number of carbonyl (C=O) groups is 2. The number of aliphatic carboxylic acids is 2. The van der Waals surface area contributed by atoms with E-state index in [1.165, 1.54) is 52.4 Å². The van der Waals surface area contributed by atoms with Crippen molar-refractivity contribution in [2.75, 3.05) is 0 Å². The summed E-state index contributed by atoms with van der Waals surface area (Å²) in [6.45, 7) is 9.20. The van der Waals surface area contributed by atoms with Crippen LogP contribution >= 0.6 is 0 Å². The third-order valence-electron chi connectivity index (χ3n) is 8.28. The molecule has 4 N–H and O–H groups in total. The van der Waals surface area contributed by atoms with Crippen LogP contribution in [0.15, 0.2) is 24.3 Å². The van der Waals surface area contributed by atoms with Crippen molar-refractivity contribution in [3.63, 3.8) is 0 Å². The molecule has 6 heteroatoms. The average Bonchev–Trinajstić information content (AvgIpc) is 3.39. The van der Waals surface area contributed by atoms with Crippen LogP contribution in [0.1, 0.15) is 58.8 Å². The van der Waals surface area contributed by atoms with E-state index in [-0.39, 0.29) is 11.1 Å². The van der Waals surface area contributed by atoms with Crippen LogP contribution in [-0.2, 0) is 9.59 Å². The normalized spacial score (nSPS) is 44.7. The maximum atomic E-state index is 11.3. The molecule has 0 aliphatic heterocycles. The van der Waals surface area contributed by atoms with Crippen LogP contribution in [0.3, 0.4) is 0 Å². The zero-order valence-corrected chi connectivity index (χ0v) is 17.4. The highest BCUT2D eigenvalue weighted by Gasteiger charge is 2.80. The van der Waals surface area contributed by atoms with Gasteiger partial charge in [0.25, 0.3) is 0 Å². The van der Waals surface area contributed by atoms with Gasteiger partial charge in [-0.15, -0.1) is 0 Å². The summed E-state index contributed by atoms with van der Waals surface area (Å²) in [5.41, 5.74) is -1.01. The predicted molar refractivity (Wildman–Crippen MR) is 108 cm³/mol. The lowest BCUT2D eigenvalue weighted by atomic mass is 9.59. The summed E-state index contributed by atoms with van der Waals surface area (Å²) in [7, 11) is 0. The lowest BCUT2D eigenvalue weighted by Crippen LogP contribution is -2.62. The fourth-order valence-electron chi connectivity index (χ4n) is 7.30. The van der Waals surface area contributed by atoms with Crippen LogP contribution in [0.2, 0.25) is 0 Å². The molecule has 0 aromatic heterocycles. The molecule has 0 amide bonds. The Kier molecular flexibility index (Phi) is 5.73. The second kappa shape index (κ2) is 7.55. The molecule has 6 nitrogen and oxygen atoms in total. The number of fused-ring (bicyclic) bond motifs is 12. The second-order valence-corrected chi connectivity index (χ2v) is 9.79. The number of carboxylic acids is 2. The van der Waals surface area contributed by atoms with Crippen LogP contribution < -0.4 is 0 Å². The van der Waals surface area contributed by atoms with E-state index in [4.69, 9.17) is 10.2 Å². The summed E-state index contributed by atoms with van der Waals surface area (Å²) in [4.78, 5) is 19.2. The van der Waals surface area contributed by atoms with Gasteiger partial charge in [0.05, 0.1) is 11.2 Å². The van der Waals surface area contributed by atoms with E-state index in [1.807, 2.05) is 0 Å². The highest BCUT2D eigenvalue weighted by Crippen LogP contribution is 2.75. The summed E-state index contributed by atoms with van der Waals surface area (Å²) in [6.07, 6.45) is 8.40. The standard InChI is InChI=1S/C15H22O2.2C4H6O2/c16-14-7-11(10-2-1-3-12(10)14)13-8-4-5-9(6-8)15(13,14)17;2*1-3(2)4(5)6/h8-13,16-17H,1-7H2;2*1H2,2H3,(H,5,6). The Bertz CT molecular complexity index is 681. The Morgan fingerprint density at radius 3 is 1.97 bits per heavy atom. The number of rotatable bonds is 2. The molecule has 162 valence electrons. The SMILES string of the molecule is C=C(C)C(=O)O.C=C(C)C(=O)O.OC12CC(C3CCCC31)C1C3CCC(C3)C12O. The first-order valence-electron chi connectivity index (χ1n) is 10.7. The third-order valence-corrected chi connectivity index (χ3v) is 8.28. The zero-order valence-electron chi connectivity index (χ0n) is 17.4. The molecule has 0 heterocycles. The van der Waals surface area contributed by atoms with Crippen molar-refractivity contribution in [2.24, 2.45) is 35.5 Å². The molecule has 4 bridgehead atoms. The Labute approximate surface area is 172 Å². The fraction of sp³-hybridized carbons (Fsp3) is 0.739. The second-order valence-electron chi connectivity index (χ2n) is 9.79. The van der Waals surface area contributed by atoms with Gasteiger partial charge in [0.2, 0.25) is 0 Å². The van der Waals surface area contributed by atoms with Crippen LogP contribution in [0.25, 0.3) is 0 Å². The number of carboxylic acid groups (broad SMARTS) is 2. The van der Waals surface area contributed by atoms with E-state index in [9.17, 15) is 19.8 Å². The maximum Gasteiger partial charge on any atom is 0.330 e. The van der Waals surface area contributed by atoms with E-state index in [0.29, 0.717) is 23.7 Å². The van der Waals surface area contributed by atoms with Crippen LogP contribution in [0.4, 0.5) is 0 Å². The van der Waals surface area contributed by atoms with Gasteiger partial charge >= 0.3 is 11.9 Å². The molecule has 0 aromatic carbocycles. The Morgan fingerprint density at radius 2 is 1.45 bits per heavy atom. The molecule has 8 unspecified atom stereocenters. The fourth-order valence-corrected chi connectivity index (χ4v) is 7.30. The lowest BCUT2D eigenvalue weighted by Gasteiger charge is -2.51. The van der Waals surface area contributed by atoms with E-state index in [2.05, 4.69) is 13.2 Å². The molecular weight excluding hydrogens is 372 g/mol. The largest absolute Gasteiger partial charge is 0.478 e. The Balaban J connectivity index is 0.000000169. The molecule has 5 rings (SSSR count). The van der Waals surface area contributed by atoms with Gasteiger partial charge in [-0.05, 0) is 87.9 Å². The van der Waals surface area contributed by atoms with Gasteiger partial charge in [-0.25, -0.2) is 9.59 Å². The van der Waals surface area contributed by atoms with Crippen molar-refractivity contribution < 1.29 is 30.0 Å². The summed E-state index contributed by atoms with van der Waals surface area (Å²) >= 11 is 0. The first-order valence-corrected chi connectivity index (χ1v) is 10.7. The summed E-state index contributed by atoms with van der Waals surface area (Å²) < 4.78 is 0.